The predicted octanol–water partition coefficient (Wildman–Crippen LogP) is 4.67. The average molecular weight is 319 g/mol. The van der Waals surface area contributed by atoms with Crippen LogP contribution in [-0.4, -0.2) is 12.5 Å². The van der Waals surface area contributed by atoms with Crippen molar-refractivity contribution in [1.29, 1.82) is 0 Å². The van der Waals surface area contributed by atoms with Crippen LogP contribution in [0.1, 0.15) is 24.5 Å². The molecule has 2 aromatic rings. The number of hydrogen-bond donors (Lipinski definition) is 0. The van der Waals surface area contributed by atoms with Gasteiger partial charge >= 0.3 is 6.18 Å². The third-order valence-electron chi connectivity index (χ3n) is 4.12. The van der Waals surface area contributed by atoms with Gasteiger partial charge in [0.05, 0.1) is 5.56 Å². The average Bonchev–Trinajstić information content (AvgIpc) is 2.53. The number of aryl methyl sites for hydroxylation is 1. The van der Waals surface area contributed by atoms with Crippen LogP contribution < -0.4 is 4.90 Å². The van der Waals surface area contributed by atoms with Gasteiger partial charge in [0.25, 0.3) is 0 Å². The Morgan fingerprint density at radius 2 is 1.78 bits per heavy atom. The molecular weight excluding hydrogens is 303 g/mol. The first-order chi connectivity index (χ1) is 10.9. The summed E-state index contributed by atoms with van der Waals surface area (Å²) in [5.74, 6) is 0.0567. The molecule has 23 heavy (non-hydrogen) atoms. The van der Waals surface area contributed by atoms with Gasteiger partial charge < -0.3 is 4.90 Å². The van der Waals surface area contributed by atoms with Crippen LogP contribution in [0.25, 0.3) is 11.1 Å². The van der Waals surface area contributed by atoms with Crippen LogP contribution in [0.4, 0.5) is 18.9 Å². The molecule has 1 aliphatic rings. The van der Waals surface area contributed by atoms with Gasteiger partial charge in [0.1, 0.15) is 0 Å². The second kappa shape index (κ2) is 5.72. The number of carbonyl (C=O) groups excluding carboxylic acids is 1. The molecule has 0 radical (unpaired) electrons. The monoisotopic (exact) mass is 319 g/mol. The standard InChI is InChI=1S/C18H16F3NO/c1-2-22-16-11-14(7-6-12(16)8-9-17(22)23)13-4-3-5-15(10-13)18(19,20)21/h3-7,10-11H,2,8-9H2,1H3. The third-order valence-corrected chi connectivity index (χ3v) is 4.12. The van der Waals surface area contributed by atoms with E-state index in [9.17, 15) is 18.0 Å². The molecule has 0 unspecified atom stereocenters. The zero-order valence-corrected chi connectivity index (χ0v) is 12.7. The number of hydrogen-bond acceptors (Lipinski definition) is 1. The van der Waals surface area contributed by atoms with Crippen LogP contribution in [0, 0.1) is 0 Å². The van der Waals surface area contributed by atoms with Gasteiger partial charge in [-0.1, -0.05) is 24.3 Å². The fourth-order valence-corrected chi connectivity index (χ4v) is 2.94. The van der Waals surface area contributed by atoms with Crippen LogP contribution in [0.15, 0.2) is 42.5 Å². The van der Waals surface area contributed by atoms with Gasteiger partial charge in [0, 0.05) is 18.7 Å². The molecule has 1 amide bonds. The lowest BCUT2D eigenvalue weighted by Gasteiger charge is -2.29. The number of carbonyl (C=O) groups is 1. The molecule has 1 heterocycles. The van der Waals surface area contributed by atoms with E-state index in [1.54, 1.807) is 11.0 Å². The minimum atomic E-state index is -4.37. The van der Waals surface area contributed by atoms with E-state index in [2.05, 4.69) is 0 Å². The quantitative estimate of drug-likeness (QED) is 0.787. The molecule has 120 valence electrons. The van der Waals surface area contributed by atoms with E-state index < -0.39 is 11.7 Å². The molecule has 5 heteroatoms. The zero-order chi connectivity index (χ0) is 16.6. The van der Waals surface area contributed by atoms with Crippen molar-refractivity contribution >= 4 is 11.6 Å². The Kier molecular flexibility index (Phi) is 3.88. The normalized spacial score (nSPS) is 14.8. The highest BCUT2D eigenvalue weighted by molar-refractivity contribution is 5.97. The first-order valence-corrected chi connectivity index (χ1v) is 7.51. The Morgan fingerprint density at radius 1 is 1.04 bits per heavy atom. The van der Waals surface area contributed by atoms with Gasteiger partial charge in [-0.2, -0.15) is 13.2 Å². The van der Waals surface area contributed by atoms with Crippen molar-refractivity contribution in [2.45, 2.75) is 25.9 Å². The van der Waals surface area contributed by atoms with Gasteiger partial charge in [-0.15, -0.1) is 0 Å². The van der Waals surface area contributed by atoms with E-state index in [4.69, 9.17) is 0 Å². The van der Waals surface area contributed by atoms with E-state index in [0.717, 1.165) is 23.4 Å². The molecule has 2 aromatic carbocycles. The van der Waals surface area contributed by atoms with Crippen LogP contribution in [-0.2, 0) is 17.4 Å². The summed E-state index contributed by atoms with van der Waals surface area (Å²) in [4.78, 5) is 13.7. The van der Waals surface area contributed by atoms with Gasteiger partial charge in [-0.25, -0.2) is 0 Å². The van der Waals surface area contributed by atoms with Crippen molar-refractivity contribution in [2.75, 3.05) is 11.4 Å². The molecule has 0 N–H and O–H groups in total. The molecule has 2 nitrogen and oxygen atoms in total. The van der Waals surface area contributed by atoms with Crippen LogP contribution in [0.5, 0.6) is 0 Å². The van der Waals surface area contributed by atoms with Crippen molar-refractivity contribution in [3.05, 3.63) is 53.6 Å². The summed E-state index contributed by atoms with van der Waals surface area (Å²) in [6.45, 7) is 2.45. The number of rotatable bonds is 2. The van der Waals surface area contributed by atoms with Crippen LogP contribution in [0.3, 0.4) is 0 Å². The van der Waals surface area contributed by atoms with E-state index in [0.29, 0.717) is 30.5 Å². The molecule has 3 rings (SSSR count). The van der Waals surface area contributed by atoms with Crippen molar-refractivity contribution < 1.29 is 18.0 Å². The van der Waals surface area contributed by atoms with E-state index in [1.165, 1.54) is 6.07 Å². The number of halogens is 3. The molecule has 0 aromatic heterocycles. The summed E-state index contributed by atoms with van der Waals surface area (Å²) in [7, 11) is 0. The Morgan fingerprint density at radius 3 is 2.48 bits per heavy atom. The van der Waals surface area contributed by atoms with E-state index in [1.807, 2.05) is 25.1 Å². The molecule has 0 bridgehead atoms. The van der Waals surface area contributed by atoms with E-state index in [-0.39, 0.29) is 5.91 Å². The van der Waals surface area contributed by atoms with Gasteiger partial charge in [-0.05, 0) is 48.2 Å². The number of anilines is 1. The Bertz CT molecular complexity index is 752. The smallest absolute Gasteiger partial charge is 0.312 e. The molecule has 0 fully saturated rings. The fraction of sp³-hybridized carbons (Fsp3) is 0.278. The molecule has 0 spiro atoms. The Balaban J connectivity index is 2.06. The van der Waals surface area contributed by atoms with Crippen LogP contribution >= 0.6 is 0 Å². The second-order valence-corrected chi connectivity index (χ2v) is 5.56. The molecule has 1 aliphatic heterocycles. The maximum Gasteiger partial charge on any atom is 0.416 e. The Labute approximate surface area is 132 Å². The summed E-state index contributed by atoms with van der Waals surface area (Å²) in [6.07, 6.45) is -3.22. The van der Waals surface area contributed by atoms with Gasteiger partial charge in [0.15, 0.2) is 0 Å². The molecule has 0 atom stereocenters. The lowest BCUT2D eigenvalue weighted by atomic mass is 9.95. The second-order valence-electron chi connectivity index (χ2n) is 5.56. The highest BCUT2D eigenvalue weighted by atomic mass is 19.4. The summed E-state index contributed by atoms with van der Waals surface area (Å²) in [5, 5.41) is 0. The summed E-state index contributed by atoms with van der Waals surface area (Å²) < 4.78 is 38.6. The van der Waals surface area contributed by atoms with Crippen LogP contribution in [0.2, 0.25) is 0 Å². The molecule has 0 saturated carbocycles. The molecule has 0 saturated heterocycles. The van der Waals surface area contributed by atoms with Crippen molar-refractivity contribution in [3.63, 3.8) is 0 Å². The summed E-state index contributed by atoms with van der Waals surface area (Å²) >= 11 is 0. The fourth-order valence-electron chi connectivity index (χ4n) is 2.94. The summed E-state index contributed by atoms with van der Waals surface area (Å²) in [6, 6.07) is 10.8. The number of alkyl halides is 3. The maximum atomic E-state index is 12.9. The van der Waals surface area contributed by atoms with Crippen molar-refractivity contribution in [1.82, 2.24) is 0 Å². The zero-order valence-electron chi connectivity index (χ0n) is 12.7. The first kappa shape index (κ1) is 15.6. The topological polar surface area (TPSA) is 20.3 Å². The minimum absolute atomic E-state index is 0.0567. The van der Waals surface area contributed by atoms with Gasteiger partial charge in [-0.3, -0.25) is 4.79 Å². The predicted molar refractivity (Wildman–Crippen MR) is 83.2 cm³/mol. The number of fused-ring (bicyclic) bond motifs is 1. The third kappa shape index (κ3) is 2.96. The van der Waals surface area contributed by atoms with Crippen molar-refractivity contribution in [3.8, 4) is 11.1 Å². The lowest BCUT2D eigenvalue weighted by Crippen LogP contribution is -2.34. The SMILES string of the molecule is CCN1C(=O)CCc2ccc(-c3cccc(C(F)(F)F)c3)cc21. The first-order valence-electron chi connectivity index (χ1n) is 7.51. The molecular formula is C18H16F3NO. The minimum Gasteiger partial charge on any atom is -0.312 e. The van der Waals surface area contributed by atoms with Crippen molar-refractivity contribution in [2.24, 2.45) is 0 Å². The molecule has 0 aliphatic carbocycles. The number of amides is 1. The Hall–Kier alpha value is -2.30. The number of nitrogens with zero attached hydrogens (tertiary/aromatic N) is 1. The highest BCUT2D eigenvalue weighted by Gasteiger charge is 2.30. The lowest BCUT2D eigenvalue weighted by molar-refractivity contribution is -0.137. The van der Waals surface area contributed by atoms with Gasteiger partial charge in [0.2, 0.25) is 5.91 Å². The summed E-state index contributed by atoms with van der Waals surface area (Å²) in [5.41, 5.74) is 2.37. The maximum absolute atomic E-state index is 12.9. The highest BCUT2D eigenvalue weighted by Crippen LogP contribution is 2.35. The largest absolute Gasteiger partial charge is 0.416 e. The number of benzene rings is 2. The van der Waals surface area contributed by atoms with E-state index >= 15 is 0 Å².